The maximum absolute atomic E-state index is 4.74. The number of anilines is 2. The number of fused-ring (bicyclic) bond motifs is 1. The number of benzene rings is 1. The van der Waals surface area contributed by atoms with Crippen molar-refractivity contribution in [2.24, 2.45) is 0 Å². The second-order valence-corrected chi connectivity index (χ2v) is 6.83. The van der Waals surface area contributed by atoms with Gasteiger partial charge in [-0.2, -0.15) is 5.10 Å². The van der Waals surface area contributed by atoms with Crippen molar-refractivity contribution in [3.63, 3.8) is 0 Å². The van der Waals surface area contributed by atoms with Crippen LogP contribution in [0, 0.1) is 6.92 Å². The van der Waals surface area contributed by atoms with Gasteiger partial charge in [0.1, 0.15) is 10.7 Å². The van der Waals surface area contributed by atoms with Gasteiger partial charge in [0.15, 0.2) is 5.82 Å². The van der Waals surface area contributed by atoms with Gasteiger partial charge in [0.05, 0.1) is 0 Å². The lowest BCUT2D eigenvalue weighted by Gasteiger charge is -2.08. The van der Waals surface area contributed by atoms with Crippen molar-refractivity contribution in [3.05, 3.63) is 60.0 Å². The number of hydrogen-bond acceptors (Lipinski definition) is 5. The van der Waals surface area contributed by atoms with E-state index in [0.717, 1.165) is 33.5 Å². The lowest BCUT2D eigenvalue weighted by Crippen LogP contribution is -2.02. The van der Waals surface area contributed by atoms with Crippen molar-refractivity contribution >= 4 is 29.2 Å². The van der Waals surface area contributed by atoms with Crippen LogP contribution in [0.1, 0.15) is 18.2 Å². The first-order chi connectivity index (χ1) is 12.2. The predicted molar refractivity (Wildman–Crippen MR) is 99.5 cm³/mol. The fraction of sp³-hybridized carbons (Fsp3) is 0.167. The summed E-state index contributed by atoms with van der Waals surface area (Å²) in [5.74, 6) is 1.42. The number of nitrogens with one attached hydrogen (secondary N) is 2. The van der Waals surface area contributed by atoms with Crippen molar-refractivity contribution in [3.8, 4) is 0 Å². The van der Waals surface area contributed by atoms with E-state index in [4.69, 9.17) is 4.98 Å². The van der Waals surface area contributed by atoms with E-state index >= 15 is 0 Å². The Morgan fingerprint density at radius 2 is 2.04 bits per heavy atom. The molecule has 2 N–H and O–H groups in total. The molecule has 0 unspecified atom stereocenters. The third-order valence-electron chi connectivity index (χ3n) is 3.87. The van der Waals surface area contributed by atoms with E-state index in [0.29, 0.717) is 5.95 Å². The summed E-state index contributed by atoms with van der Waals surface area (Å²) in [5.41, 5.74) is 3.17. The average Bonchev–Trinajstić information content (AvgIpc) is 3.24. The molecule has 0 amide bonds. The lowest BCUT2D eigenvalue weighted by atomic mass is 10.2. The highest BCUT2D eigenvalue weighted by Crippen LogP contribution is 2.29. The Balaban J connectivity index is 1.66. The van der Waals surface area contributed by atoms with Crippen LogP contribution in [0.3, 0.4) is 0 Å². The largest absolute Gasteiger partial charge is 0.308 e. The Morgan fingerprint density at radius 1 is 1.20 bits per heavy atom. The topological polar surface area (TPSA) is 70.9 Å². The quantitative estimate of drug-likeness (QED) is 0.527. The number of imidazole rings is 1. The van der Waals surface area contributed by atoms with Gasteiger partial charge in [0, 0.05) is 35.1 Å². The molecule has 3 heterocycles. The summed E-state index contributed by atoms with van der Waals surface area (Å²) in [6.07, 6.45) is 4.69. The summed E-state index contributed by atoms with van der Waals surface area (Å²) in [4.78, 5) is 10.3. The summed E-state index contributed by atoms with van der Waals surface area (Å²) in [5, 5.41) is 11.3. The van der Waals surface area contributed by atoms with Crippen molar-refractivity contribution in [1.82, 2.24) is 24.6 Å². The number of aromatic nitrogens is 5. The first-order valence-corrected chi connectivity index (χ1v) is 8.93. The number of nitrogens with zero attached hydrogens (tertiary/aromatic N) is 4. The highest BCUT2D eigenvalue weighted by Gasteiger charge is 2.09. The Kier molecular flexibility index (Phi) is 4.15. The van der Waals surface area contributed by atoms with Crippen molar-refractivity contribution < 1.29 is 0 Å². The van der Waals surface area contributed by atoms with Crippen molar-refractivity contribution in [2.75, 3.05) is 5.32 Å². The molecule has 0 saturated carbocycles. The average molecular weight is 350 g/mol. The fourth-order valence-corrected chi connectivity index (χ4v) is 3.36. The molecule has 0 aliphatic rings. The molecule has 3 aromatic heterocycles. The van der Waals surface area contributed by atoms with Crippen LogP contribution in [-0.2, 0) is 6.42 Å². The molecule has 0 spiro atoms. The van der Waals surface area contributed by atoms with Gasteiger partial charge in [-0.15, -0.1) is 0 Å². The Labute approximate surface area is 149 Å². The van der Waals surface area contributed by atoms with E-state index in [-0.39, 0.29) is 0 Å². The monoisotopic (exact) mass is 350 g/mol. The number of H-pyrrole nitrogens is 1. The van der Waals surface area contributed by atoms with Crippen LogP contribution < -0.4 is 5.32 Å². The van der Waals surface area contributed by atoms with Crippen molar-refractivity contribution in [1.29, 1.82) is 0 Å². The summed E-state index contributed by atoms with van der Waals surface area (Å²) >= 11 is 1.62. The number of aryl methyl sites for hydroxylation is 2. The van der Waals surface area contributed by atoms with Gasteiger partial charge in [0.25, 0.3) is 0 Å². The van der Waals surface area contributed by atoms with E-state index in [1.165, 1.54) is 5.56 Å². The Hall–Kier alpha value is -2.80. The van der Waals surface area contributed by atoms with Gasteiger partial charge < -0.3 is 5.32 Å². The highest BCUT2D eigenvalue weighted by atomic mass is 32.2. The predicted octanol–water partition coefficient (Wildman–Crippen LogP) is 4.22. The molecule has 0 bridgehead atoms. The van der Waals surface area contributed by atoms with E-state index in [2.05, 4.69) is 51.7 Å². The number of hydrogen-bond donors (Lipinski definition) is 2. The molecule has 6 nitrogen and oxygen atoms in total. The summed E-state index contributed by atoms with van der Waals surface area (Å²) in [6.45, 7) is 4.12. The van der Waals surface area contributed by atoms with E-state index in [1.807, 2.05) is 29.7 Å². The van der Waals surface area contributed by atoms with Crippen LogP contribution >= 0.6 is 11.8 Å². The zero-order valence-corrected chi connectivity index (χ0v) is 14.8. The second kappa shape index (κ2) is 6.60. The van der Waals surface area contributed by atoms with Gasteiger partial charge in [-0.05, 0) is 31.0 Å². The molecule has 126 valence electrons. The van der Waals surface area contributed by atoms with Gasteiger partial charge >= 0.3 is 0 Å². The molecule has 0 atom stereocenters. The Bertz CT molecular complexity index is 1000. The fourth-order valence-electron chi connectivity index (χ4n) is 2.55. The minimum atomic E-state index is 0.689. The number of rotatable bonds is 5. The zero-order valence-electron chi connectivity index (χ0n) is 14.0. The summed E-state index contributed by atoms with van der Waals surface area (Å²) in [7, 11) is 0. The number of aromatic amines is 1. The van der Waals surface area contributed by atoms with Gasteiger partial charge in [-0.1, -0.05) is 30.8 Å². The smallest absolute Gasteiger partial charge is 0.215 e. The molecule has 0 fully saturated rings. The van der Waals surface area contributed by atoms with Gasteiger partial charge in [-0.3, -0.25) is 9.50 Å². The van der Waals surface area contributed by atoms with Crippen molar-refractivity contribution in [2.45, 2.75) is 30.2 Å². The Morgan fingerprint density at radius 3 is 2.76 bits per heavy atom. The SMILES string of the molecule is CCc1ccc(Sc2cc3nccn3c(Nc3cc(C)[nH]n3)n2)cc1. The van der Waals surface area contributed by atoms with E-state index < -0.39 is 0 Å². The molecular formula is C18H18N6S. The minimum absolute atomic E-state index is 0.689. The maximum Gasteiger partial charge on any atom is 0.215 e. The van der Waals surface area contributed by atoms with E-state index in [9.17, 15) is 0 Å². The van der Waals surface area contributed by atoms with Gasteiger partial charge in [0.2, 0.25) is 5.95 Å². The van der Waals surface area contributed by atoms with Crippen LogP contribution in [0.15, 0.2) is 58.7 Å². The zero-order chi connectivity index (χ0) is 17.2. The molecule has 25 heavy (non-hydrogen) atoms. The standard InChI is InChI=1S/C18H18N6S/c1-3-13-4-6-14(7-5-13)25-17-11-16-19-8-9-24(16)18(21-17)20-15-10-12(2)22-23-15/h4-11H,3H2,1-2H3,(H2,20,21,22,23). The summed E-state index contributed by atoms with van der Waals surface area (Å²) < 4.78 is 1.91. The molecule has 0 aliphatic carbocycles. The lowest BCUT2D eigenvalue weighted by molar-refractivity contribution is 0.999. The van der Waals surface area contributed by atoms with Crippen LogP contribution in [-0.4, -0.2) is 24.6 Å². The minimum Gasteiger partial charge on any atom is -0.308 e. The van der Waals surface area contributed by atoms with Crippen LogP contribution in [0.25, 0.3) is 5.65 Å². The first-order valence-electron chi connectivity index (χ1n) is 8.11. The third-order valence-corrected chi connectivity index (χ3v) is 4.79. The van der Waals surface area contributed by atoms with Crippen LogP contribution in [0.5, 0.6) is 0 Å². The molecular weight excluding hydrogens is 332 g/mol. The van der Waals surface area contributed by atoms with Gasteiger partial charge in [-0.25, -0.2) is 9.97 Å². The second-order valence-electron chi connectivity index (χ2n) is 5.73. The maximum atomic E-state index is 4.74. The highest BCUT2D eigenvalue weighted by molar-refractivity contribution is 7.99. The van der Waals surface area contributed by atoms with E-state index in [1.54, 1.807) is 18.0 Å². The molecule has 1 aromatic carbocycles. The molecule has 7 heteroatoms. The molecule has 4 rings (SSSR count). The molecule has 0 saturated heterocycles. The third kappa shape index (κ3) is 3.36. The summed E-state index contributed by atoms with van der Waals surface area (Å²) in [6, 6.07) is 12.5. The van der Waals surface area contributed by atoms with Crippen LogP contribution in [0.4, 0.5) is 11.8 Å². The first kappa shape index (κ1) is 15.7. The molecule has 4 aromatic rings. The normalized spacial score (nSPS) is 11.1. The van der Waals surface area contributed by atoms with Crippen LogP contribution in [0.2, 0.25) is 0 Å². The molecule has 0 radical (unpaired) electrons. The molecule has 0 aliphatic heterocycles.